The molecule has 1 fully saturated rings. The maximum absolute atomic E-state index is 13.3. The summed E-state index contributed by atoms with van der Waals surface area (Å²) in [4.78, 5) is 0. The van der Waals surface area contributed by atoms with Crippen LogP contribution in [0.5, 0.6) is 0 Å². The molecule has 22 heavy (non-hydrogen) atoms. The molecule has 1 unspecified atom stereocenters. The molecule has 1 aliphatic carbocycles. The van der Waals surface area contributed by atoms with Crippen molar-refractivity contribution < 1.29 is 23.9 Å². The van der Waals surface area contributed by atoms with Crippen molar-refractivity contribution in [3.05, 3.63) is 5.21 Å². The zero-order valence-corrected chi connectivity index (χ0v) is 14.8. The average molecular weight is 338 g/mol. The van der Waals surface area contributed by atoms with E-state index in [1.54, 1.807) is 27.7 Å². The molecule has 8 heteroatoms. The Kier molecular flexibility index (Phi) is 7.46. The van der Waals surface area contributed by atoms with E-state index in [1.165, 1.54) is 0 Å². The van der Waals surface area contributed by atoms with Gasteiger partial charge >= 0.3 is 7.60 Å². The molecule has 1 atom stereocenters. The molecular weight excluding hydrogens is 309 g/mol. The fraction of sp³-hybridized carbons (Fsp3) is 1.00. The second-order valence-electron chi connectivity index (χ2n) is 6.53. The third-order valence-corrected chi connectivity index (χ3v) is 6.65. The van der Waals surface area contributed by atoms with Crippen molar-refractivity contribution in [2.75, 3.05) is 6.54 Å². The lowest BCUT2D eigenvalue weighted by Gasteiger charge is -2.45. The maximum atomic E-state index is 13.3. The molecular formula is C14H29NO6P-. The van der Waals surface area contributed by atoms with Gasteiger partial charge in [0.25, 0.3) is 0 Å². The predicted octanol–water partition coefficient (Wildman–Crippen LogP) is 3.49. The Labute approximate surface area is 132 Å². The van der Waals surface area contributed by atoms with E-state index in [0.29, 0.717) is 12.8 Å². The molecule has 0 aromatic rings. The van der Waals surface area contributed by atoms with E-state index >= 15 is 0 Å². The summed E-state index contributed by atoms with van der Waals surface area (Å²) >= 11 is 0. The Morgan fingerprint density at radius 3 is 2.00 bits per heavy atom. The van der Waals surface area contributed by atoms with Crippen LogP contribution in [0.2, 0.25) is 0 Å². The van der Waals surface area contributed by atoms with Gasteiger partial charge in [0.2, 0.25) is 0 Å². The van der Waals surface area contributed by atoms with Gasteiger partial charge in [0.15, 0.2) is 5.34 Å². The lowest BCUT2D eigenvalue weighted by Crippen LogP contribution is -2.48. The van der Waals surface area contributed by atoms with Crippen molar-refractivity contribution in [1.29, 1.82) is 0 Å². The van der Waals surface area contributed by atoms with E-state index in [9.17, 15) is 14.9 Å². The zero-order chi connectivity index (χ0) is 17.0. The summed E-state index contributed by atoms with van der Waals surface area (Å²) < 4.78 is 24.3. The molecule has 1 rings (SSSR count). The second kappa shape index (κ2) is 8.20. The molecule has 1 saturated carbocycles. The molecule has 7 nitrogen and oxygen atoms in total. The Morgan fingerprint density at radius 1 is 1.18 bits per heavy atom. The SMILES string of the molecule is CC(C)OP(=O)(OC(C)C)C(O)(CN([O-])O)C1CCCCC1. The monoisotopic (exact) mass is 338 g/mol. The smallest absolute Gasteiger partial charge is 0.364 e. The van der Waals surface area contributed by atoms with Crippen molar-refractivity contribution in [1.82, 2.24) is 5.23 Å². The summed E-state index contributed by atoms with van der Waals surface area (Å²) in [6.45, 7) is 6.03. The van der Waals surface area contributed by atoms with E-state index in [2.05, 4.69) is 0 Å². The fourth-order valence-corrected chi connectivity index (χ4v) is 5.49. The summed E-state index contributed by atoms with van der Waals surface area (Å²) in [5, 5.41) is 29.0. The van der Waals surface area contributed by atoms with Crippen LogP contribution in [0.1, 0.15) is 59.8 Å². The molecule has 0 aromatic heterocycles. The molecule has 0 saturated heterocycles. The van der Waals surface area contributed by atoms with Crippen molar-refractivity contribution >= 4 is 7.60 Å². The average Bonchev–Trinajstić information content (AvgIpc) is 2.36. The zero-order valence-electron chi connectivity index (χ0n) is 13.9. The largest absolute Gasteiger partial charge is 0.762 e. The molecule has 0 aliphatic heterocycles. The topological polar surface area (TPSA) is 102 Å². The number of hydrogen-bond acceptors (Lipinski definition) is 7. The highest BCUT2D eigenvalue weighted by molar-refractivity contribution is 7.55. The molecule has 0 radical (unpaired) electrons. The van der Waals surface area contributed by atoms with Crippen LogP contribution in [0.15, 0.2) is 0 Å². The highest BCUT2D eigenvalue weighted by atomic mass is 31.2. The van der Waals surface area contributed by atoms with Gasteiger partial charge in [-0.2, -0.15) is 0 Å². The van der Waals surface area contributed by atoms with Gasteiger partial charge in [-0.05, 0) is 40.5 Å². The van der Waals surface area contributed by atoms with Crippen LogP contribution < -0.4 is 0 Å². The number of rotatable bonds is 8. The van der Waals surface area contributed by atoms with Gasteiger partial charge in [-0.3, -0.25) is 9.79 Å². The third-order valence-electron chi connectivity index (χ3n) is 3.80. The van der Waals surface area contributed by atoms with E-state index in [4.69, 9.17) is 14.3 Å². The van der Waals surface area contributed by atoms with Crippen LogP contribution in [-0.4, -0.2) is 39.6 Å². The Balaban J connectivity index is 3.19. The van der Waals surface area contributed by atoms with Crippen molar-refractivity contribution in [3.8, 4) is 0 Å². The normalized spacial score (nSPS) is 20.8. The van der Waals surface area contributed by atoms with Crippen molar-refractivity contribution in [2.24, 2.45) is 5.92 Å². The first-order chi connectivity index (χ1) is 10.1. The maximum Gasteiger partial charge on any atom is 0.364 e. The molecule has 0 aromatic carbocycles. The molecule has 132 valence electrons. The van der Waals surface area contributed by atoms with Gasteiger partial charge in [0.1, 0.15) is 0 Å². The van der Waals surface area contributed by atoms with Crippen LogP contribution in [0.4, 0.5) is 0 Å². The van der Waals surface area contributed by atoms with Gasteiger partial charge in [-0.1, -0.05) is 19.3 Å². The first-order valence-corrected chi connectivity index (χ1v) is 9.48. The number of aliphatic hydroxyl groups is 1. The number of hydroxylamine groups is 2. The van der Waals surface area contributed by atoms with Gasteiger partial charge < -0.3 is 24.6 Å². The molecule has 0 amide bonds. The first-order valence-electron chi connectivity index (χ1n) is 7.93. The fourth-order valence-electron chi connectivity index (χ4n) is 2.97. The quantitative estimate of drug-likeness (QED) is 0.516. The lowest BCUT2D eigenvalue weighted by atomic mass is 9.85. The summed E-state index contributed by atoms with van der Waals surface area (Å²) in [5.41, 5.74) is 0. The Morgan fingerprint density at radius 2 is 1.64 bits per heavy atom. The van der Waals surface area contributed by atoms with Gasteiger partial charge in [-0.25, -0.2) is 0 Å². The minimum atomic E-state index is -4.02. The third kappa shape index (κ3) is 4.99. The Bertz CT molecular complexity index is 370. The highest BCUT2D eigenvalue weighted by Crippen LogP contribution is 2.65. The van der Waals surface area contributed by atoms with Gasteiger partial charge in [0.05, 0.1) is 18.8 Å². The van der Waals surface area contributed by atoms with E-state index in [0.717, 1.165) is 19.3 Å². The van der Waals surface area contributed by atoms with Crippen LogP contribution in [0.25, 0.3) is 0 Å². The summed E-state index contributed by atoms with van der Waals surface area (Å²) in [6, 6.07) is 0. The summed E-state index contributed by atoms with van der Waals surface area (Å²) in [7, 11) is -4.02. The van der Waals surface area contributed by atoms with Crippen LogP contribution in [0.3, 0.4) is 0 Å². The Hall–Kier alpha value is -0.0100. The predicted molar refractivity (Wildman–Crippen MR) is 83.4 cm³/mol. The second-order valence-corrected chi connectivity index (χ2v) is 8.72. The number of nitrogens with zero attached hydrogens (tertiary/aromatic N) is 1. The van der Waals surface area contributed by atoms with Gasteiger partial charge in [-0.15, -0.1) is 0 Å². The molecule has 0 spiro atoms. The minimum Gasteiger partial charge on any atom is -0.762 e. The minimum absolute atomic E-state index is 0.380. The van der Waals surface area contributed by atoms with E-state index in [1.807, 2.05) is 0 Å². The van der Waals surface area contributed by atoms with Crippen LogP contribution in [-0.2, 0) is 13.6 Å². The highest BCUT2D eigenvalue weighted by Gasteiger charge is 2.56. The van der Waals surface area contributed by atoms with Crippen LogP contribution >= 0.6 is 7.60 Å². The standard InChI is InChI=1S/C14H29NO6P/c1-11(2)20-22(19,21-12(3)4)14(16,10-15(17)18)13-8-6-5-7-9-13/h11-13,16-17H,5-10H2,1-4H3/q-1. The lowest BCUT2D eigenvalue weighted by molar-refractivity contribution is -0.109. The van der Waals surface area contributed by atoms with E-state index < -0.39 is 37.6 Å². The molecule has 0 bridgehead atoms. The van der Waals surface area contributed by atoms with Crippen LogP contribution in [0, 0.1) is 11.1 Å². The molecule has 1 aliphatic rings. The summed E-state index contributed by atoms with van der Waals surface area (Å²) in [5.74, 6) is -0.409. The first kappa shape index (κ1) is 20.0. The molecule has 2 N–H and O–H groups in total. The molecule has 0 heterocycles. The van der Waals surface area contributed by atoms with Crippen molar-refractivity contribution in [3.63, 3.8) is 0 Å². The van der Waals surface area contributed by atoms with E-state index in [-0.39, 0.29) is 5.23 Å². The summed E-state index contributed by atoms with van der Waals surface area (Å²) in [6.07, 6.45) is 3.14. The van der Waals surface area contributed by atoms with Crippen molar-refractivity contribution in [2.45, 2.75) is 77.3 Å². The van der Waals surface area contributed by atoms with Gasteiger partial charge in [0, 0.05) is 5.92 Å². The number of hydrogen-bond donors (Lipinski definition) is 2.